The summed E-state index contributed by atoms with van der Waals surface area (Å²) in [5.74, 6) is -0.940. The monoisotopic (exact) mass is 222 g/mol. The molecule has 0 aliphatic heterocycles. The fourth-order valence-electron chi connectivity index (χ4n) is 1.68. The number of rotatable bonds is 3. The van der Waals surface area contributed by atoms with Crippen molar-refractivity contribution < 1.29 is 9.50 Å². The van der Waals surface area contributed by atoms with Gasteiger partial charge < -0.3 is 10.8 Å². The van der Waals surface area contributed by atoms with Gasteiger partial charge in [0.1, 0.15) is 0 Å². The van der Waals surface area contributed by atoms with E-state index in [1.165, 1.54) is 6.07 Å². The lowest BCUT2D eigenvalue weighted by Gasteiger charge is -2.17. The van der Waals surface area contributed by atoms with Crippen molar-refractivity contribution in [3.8, 4) is 11.8 Å². The Labute approximate surface area is 94.3 Å². The number of phenolic OH excluding ortho intramolecular Hbond substituents is 1. The van der Waals surface area contributed by atoms with E-state index in [0.717, 1.165) is 6.07 Å². The van der Waals surface area contributed by atoms with Gasteiger partial charge in [-0.3, -0.25) is 0 Å². The lowest BCUT2D eigenvalue weighted by molar-refractivity contribution is 0.411. The quantitative estimate of drug-likeness (QED) is 0.825. The van der Waals surface area contributed by atoms with E-state index in [4.69, 9.17) is 11.0 Å². The molecule has 0 radical (unpaired) electrons. The standard InChI is InChI=1S/C12H15FN2O/c1-7(2)5-10(15)11-8(6-14)3-4-9(13)12(11)16/h3-4,7,10,16H,5,15H2,1-2H3/t10-/m0/s1. The van der Waals surface area contributed by atoms with Gasteiger partial charge in [-0.05, 0) is 24.5 Å². The van der Waals surface area contributed by atoms with Gasteiger partial charge in [0, 0.05) is 11.6 Å². The van der Waals surface area contributed by atoms with Crippen LogP contribution in [0.3, 0.4) is 0 Å². The van der Waals surface area contributed by atoms with Crippen LogP contribution in [0.15, 0.2) is 12.1 Å². The highest BCUT2D eigenvalue weighted by Gasteiger charge is 2.19. The van der Waals surface area contributed by atoms with E-state index in [9.17, 15) is 9.50 Å². The highest BCUT2D eigenvalue weighted by atomic mass is 19.1. The number of nitriles is 1. The van der Waals surface area contributed by atoms with Crippen molar-refractivity contribution in [1.29, 1.82) is 5.26 Å². The number of hydrogen-bond acceptors (Lipinski definition) is 3. The Hall–Kier alpha value is -1.60. The van der Waals surface area contributed by atoms with Crippen LogP contribution < -0.4 is 5.73 Å². The Bertz CT molecular complexity index is 424. The van der Waals surface area contributed by atoms with Gasteiger partial charge in [-0.2, -0.15) is 5.26 Å². The SMILES string of the molecule is CC(C)C[C@H](N)c1c(C#N)ccc(F)c1O. The number of hydrogen-bond donors (Lipinski definition) is 2. The Balaban J connectivity index is 3.20. The Morgan fingerprint density at radius 1 is 1.50 bits per heavy atom. The molecule has 86 valence electrons. The smallest absolute Gasteiger partial charge is 0.165 e. The number of nitrogens with zero attached hydrogens (tertiary/aromatic N) is 1. The second kappa shape index (κ2) is 4.95. The maximum Gasteiger partial charge on any atom is 0.165 e. The van der Waals surface area contributed by atoms with Gasteiger partial charge in [0.15, 0.2) is 11.6 Å². The third-order valence-corrected chi connectivity index (χ3v) is 2.38. The van der Waals surface area contributed by atoms with Gasteiger partial charge in [0.2, 0.25) is 0 Å². The van der Waals surface area contributed by atoms with Gasteiger partial charge in [-0.1, -0.05) is 13.8 Å². The summed E-state index contributed by atoms with van der Waals surface area (Å²) in [5.41, 5.74) is 6.30. The average Bonchev–Trinajstić information content (AvgIpc) is 2.20. The summed E-state index contributed by atoms with van der Waals surface area (Å²) in [4.78, 5) is 0. The van der Waals surface area contributed by atoms with Gasteiger partial charge in [-0.15, -0.1) is 0 Å². The van der Waals surface area contributed by atoms with Crippen LogP contribution in [0, 0.1) is 23.1 Å². The van der Waals surface area contributed by atoms with Crippen molar-refractivity contribution in [3.63, 3.8) is 0 Å². The molecule has 0 heterocycles. The molecule has 0 saturated heterocycles. The molecule has 0 amide bonds. The number of benzene rings is 1. The molecule has 1 rings (SSSR count). The molecule has 0 saturated carbocycles. The predicted molar refractivity (Wildman–Crippen MR) is 59.2 cm³/mol. The number of phenols is 1. The van der Waals surface area contributed by atoms with Crippen molar-refractivity contribution in [2.45, 2.75) is 26.3 Å². The first-order valence-corrected chi connectivity index (χ1v) is 5.14. The minimum atomic E-state index is -0.742. The number of aromatic hydroxyl groups is 1. The van der Waals surface area contributed by atoms with E-state index in [2.05, 4.69) is 0 Å². The molecule has 0 spiro atoms. The zero-order chi connectivity index (χ0) is 12.3. The molecule has 16 heavy (non-hydrogen) atoms. The molecular formula is C12H15FN2O. The number of nitrogens with two attached hydrogens (primary N) is 1. The normalized spacial score (nSPS) is 12.5. The molecule has 3 N–H and O–H groups in total. The minimum absolute atomic E-state index is 0.205. The van der Waals surface area contributed by atoms with Gasteiger partial charge in [-0.25, -0.2) is 4.39 Å². The summed E-state index contributed by atoms with van der Waals surface area (Å²) in [5, 5.41) is 18.5. The largest absolute Gasteiger partial charge is 0.505 e. The Morgan fingerprint density at radius 3 is 2.62 bits per heavy atom. The molecule has 0 aliphatic rings. The van der Waals surface area contributed by atoms with Crippen molar-refractivity contribution in [3.05, 3.63) is 29.1 Å². The van der Waals surface area contributed by atoms with Crippen molar-refractivity contribution in [2.24, 2.45) is 11.7 Å². The van der Waals surface area contributed by atoms with Crippen LogP contribution in [0.1, 0.15) is 37.4 Å². The maximum atomic E-state index is 13.2. The second-order valence-corrected chi connectivity index (χ2v) is 4.21. The van der Waals surface area contributed by atoms with Crippen molar-refractivity contribution >= 4 is 0 Å². The van der Waals surface area contributed by atoms with Gasteiger partial charge in [0.25, 0.3) is 0 Å². The van der Waals surface area contributed by atoms with Gasteiger partial charge >= 0.3 is 0 Å². The fourth-order valence-corrected chi connectivity index (χ4v) is 1.68. The third kappa shape index (κ3) is 2.50. The van der Waals surface area contributed by atoms with E-state index in [1.54, 1.807) is 0 Å². The van der Waals surface area contributed by atoms with Crippen LogP contribution in [-0.4, -0.2) is 5.11 Å². The highest BCUT2D eigenvalue weighted by molar-refractivity contribution is 5.48. The van der Waals surface area contributed by atoms with Crippen molar-refractivity contribution in [1.82, 2.24) is 0 Å². The molecule has 0 bridgehead atoms. The summed E-state index contributed by atoms with van der Waals surface area (Å²) >= 11 is 0. The summed E-state index contributed by atoms with van der Waals surface area (Å²) in [6, 6.07) is 3.80. The molecule has 0 fully saturated rings. The predicted octanol–water partition coefficient (Wildman–Crippen LogP) is 2.45. The fraction of sp³-hybridized carbons (Fsp3) is 0.417. The van der Waals surface area contributed by atoms with Crippen LogP contribution in [0.2, 0.25) is 0 Å². The zero-order valence-electron chi connectivity index (χ0n) is 9.37. The number of halogens is 1. The molecule has 0 aromatic heterocycles. The second-order valence-electron chi connectivity index (χ2n) is 4.21. The molecular weight excluding hydrogens is 207 g/mol. The van der Waals surface area contributed by atoms with E-state index < -0.39 is 17.6 Å². The average molecular weight is 222 g/mol. The van der Waals surface area contributed by atoms with Crippen LogP contribution in [0.4, 0.5) is 4.39 Å². The first-order valence-electron chi connectivity index (χ1n) is 5.14. The van der Waals surface area contributed by atoms with E-state index in [1.807, 2.05) is 19.9 Å². The van der Waals surface area contributed by atoms with E-state index in [-0.39, 0.29) is 11.1 Å². The Morgan fingerprint density at radius 2 is 2.12 bits per heavy atom. The summed E-state index contributed by atoms with van der Waals surface area (Å²) < 4.78 is 13.2. The minimum Gasteiger partial charge on any atom is -0.505 e. The van der Waals surface area contributed by atoms with Crippen LogP contribution in [0.5, 0.6) is 5.75 Å². The highest BCUT2D eigenvalue weighted by Crippen LogP contribution is 2.32. The first kappa shape index (κ1) is 12.5. The third-order valence-electron chi connectivity index (χ3n) is 2.38. The van der Waals surface area contributed by atoms with Crippen LogP contribution >= 0.6 is 0 Å². The van der Waals surface area contributed by atoms with Gasteiger partial charge in [0.05, 0.1) is 11.6 Å². The topological polar surface area (TPSA) is 70.0 Å². The van der Waals surface area contributed by atoms with E-state index >= 15 is 0 Å². The first-order chi connectivity index (χ1) is 7.47. The van der Waals surface area contributed by atoms with E-state index in [0.29, 0.717) is 12.3 Å². The lowest BCUT2D eigenvalue weighted by Crippen LogP contribution is -2.15. The maximum absolute atomic E-state index is 13.2. The summed E-state index contributed by atoms with van der Waals surface area (Å²) in [7, 11) is 0. The summed E-state index contributed by atoms with van der Waals surface area (Å²) in [6.45, 7) is 3.95. The van der Waals surface area contributed by atoms with Crippen molar-refractivity contribution in [2.75, 3.05) is 0 Å². The molecule has 1 aromatic rings. The van der Waals surface area contributed by atoms with Crippen LogP contribution in [-0.2, 0) is 0 Å². The molecule has 3 nitrogen and oxygen atoms in total. The summed E-state index contributed by atoms with van der Waals surface area (Å²) in [6.07, 6.45) is 0.589. The molecule has 1 aromatic carbocycles. The molecule has 1 atom stereocenters. The lowest BCUT2D eigenvalue weighted by atomic mass is 9.93. The van der Waals surface area contributed by atoms with Crippen LogP contribution in [0.25, 0.3) is 0 Å². The molecule has 0 aliphatic carbocycles. The molecule has 4 heteroatoms. The Kier molecular flexibility index (Phi) is 3.86. The zero-order valence-corrected chi connectivity index (χ0v) is 9.37. The molecule has 0 unspecified atom stereocenters.